The Balaban J connectivity index is 1.78. The molecule has 2 saturated heterocycles. The number of methoxy groups -OCH3 is 2. The van der Waals surface area contributed by atoms with Crippen molar-refractivity contribution < 1.29 is 48.0 Å². The third-order valence-corrected chi connectivity index (χ3v) is 11.4. The number of thiol groups is 1. The maximum atomic E-state index is 14.2. The molecule has 15 heteroatoms. The number of anilines is 1. The molecule has 0 saturated carbocycles. The zero-order chi connectivity index (χ0) is 40.6. The van der Waals surface area contributed by atoms with Gasteiger partial charge in [-0.15, -0.1) is 0 Å². The molecule has 0 radical (unpaired) electrons. The number of carbonyl (C=O) groups excluding carboxylic acids is 4. The van der Waals surface area contributed by atoms with Gasteiger partial charge in [-0.25, -0.2) is 9.59 Å². The number of alkyl carbamates (subject to hydrolysis) is 1. The first-order valence-corrected chi connectivity index (χ1v) is 18.9. The average Bonchev–Trinajstić information content (AvgIpc) is 3.80. The quantitative estimate of drug-likeness (QED) is 0.177. The molecule has 1 aromatic rings. The lowest BCUT2D eigenvalue weighted by Crippen LogP contribution is -2.65. The monoisotopic (exact) mass is 793 g/mol. The number of esters is 1. The van der Waals surface area contributed by atoms with E-state index in [1.807, 2.05) is 40.7 Å². The lowest BCUT2D eigenvalue weighted by Gasteiger charge is -2.45. The maximum Gasteiger partial charge on any atom is 0.409 e. The topological polar surface area (TPSA) is 156 Å². The summed E-state index contributed by atoms with van der Waals surface area (Å²) in [5.41, 5.74) is -1.97. The smallest absolute Gasteiger partial charge is 0.409 e. The van der Waals surface area contributed by atoms with Crippen LogP contribution in [0.2, 0.25) is 5.02 Å². The number of amides is 3. The van der Waals surface area contributed by atoms with Gasteiger partial charge in [-0.3, -0.25) is 14.9 Å². The highest BCUT2D eigenvalue weighted by atomic mass is 35.5. The Hall–Kier alpha value is -3.30. The van der Waals surface area contributed by atoms with Gasteiger partial charge in [-0.2, -0.15) is 12.6 Å². The van der Waals surface area contributed by atoms with Crippen molar-refractivity contribution >= 4 is 53.8 Å². The molecule has 2 N–H and O–H groups in total. The largest absolute Gasteiger partial charge is 0.495 e. The number of ether oxygens (including phenoxy) is 5. The predicted octanol–water partition coefficient (Wildman–Crippen LogP) is 5.39. The van der Waals surface area contributed by atoms with Crippen LogP contribution in [0.3, 0.4) is 0 Å². The van der Waals surface area contributed by atoms with Crippen LogP contribution < -0.4 is 15.0 Å². The Morgan fingerprint density at radius 1 is 1.22 bits per heavy atom. The molecule has 0 aliphatic carbocycles. The zero-order valence-electron chi connectivity index (χ0n) is 33.2. The molecule has 13 nitrogen and oxygen atoms in total. The van der Waals surface area contributed by atoms with Crippen molar-refractivity contribution in [1.82, 2.24) is 10.2 Å². The number of nitrogens with one attached hydrogen (secondary N) is 1. The third kappa shape index (κ3) is 9.55. The number of epoxide rings is 1. The van der Waals surface area contributed by atoms with Crippen LogP contribution in [0.25, 0.3) is 0 Å². The maximum absolute atomic E-state index is 14.2. The van der Waals surface area contributed by atoms with E-state index in [1.165, 1.54) is 31.1 Å². The molecule has 54 heavy (non-hydrogen) atoms. The van der Waals surface area contributed by atoms with E-state index in [4.69, 9.17) is 35.3 Å². The van der Waals surface area contributed by atoms with Crippen LogP contribution in [0.5, 0.6) is 5.75 Å². The Labute approximate surface area is 329 Å². The summed E-state index contributed by atoms with van der Waals surface area (Å²) in [6.07, 6.45) is 1.42. The number of fused-ring (bicyclic) bond motifs is 5. The lowest BCUT2D eigenvalue weighted by atomic mass is 9.73. The van der Waals surface area contributed by atoms with Crippen molar-refractivity contribution in [3.05, 3.63) is 46.5 Å². The molecular weight excluding hydrogens is 738 g/mol. The molecular formula is C39H56ClN3O10S. The molecule has 3 aliphatic rings. The van der Waals surface area contributed by atoms with Crippen molar-refractivity contribution in [1.29, 1.82) is 0 Å². The summed E-state index contributed by atoms with van der Waals surface area (Å²) in [5, 5.41) is 14.6. The summed E-state index contributed by atoms with van der Waals surface area (Å²) in [4.78, 5) is 56.8. The summed E-state index contributed by atoms with van der Waals surface area (Å²) in [5.74, 6) is -1.06. The standard InChI is InChI=1S/C39H56ClN3O10S/c1-22-13-12-14-27(50-11)39(48)21-29(52-35(47)41-39)37(5,6)34-38(7,53-34)28(51-33(46)23(2)42(8)30(44)15-16-36(3,4)54)20-31(45)43(9)25-18-24(17-22)19-26(49-10)32(25)40/h12-14,18-19,23,27-29,34,48,54H,15-17,20-21H2,1-11H3,(H,41,47)/b14-12?,22-13-/t23-,27+,28?,29-,34-,38-,39-/m0/s1. The minimum atomic E-state index is -1.85. The molecule has 0 spiro atoms. The molecule has 4 bridgehead atoms. The summed E-state index contributed by atoms with van der Waals surface area (Å²) in [6.45, 7) is 12.7. The fraction of sp³-hybridized carbons (Fsp3) is 0.641. The second-order valence-corrected chi connectivity index (χ2v) is 17.7. The molecule has 3 amide bonds. The second-order valence-electron chi connectivity index (χ2n) is 16.1. The van der Waals surface area contributed by atoms with Crippen molar-refractivity contribution in [2.75, 3.05) is 33.2 Å². The van der Waals surface area contributed by atoms with Gasteiger partial charge in [0.15, 0.2) is 5.72 Å². The third-order valence-electron chi connectivity index (χ3n) is 10.8. The number of hydrogen-bond acceptors (Lipinski definition) is 11. The molecule has 1 aromatic carbocycles. The molecule has 1 unspecified atom stereocenters. The van der Waals surface area contributed by atoms with Crippen LogP contribution in [0, 0.1) is 5.41 Å². The van der Waals surface area contributed by atoms with Crippen LogP contribution >= 0.6 is 24.2 Å². The van der Waals surface area contributed by atoms with Crippen LogP contribution in [-0.4, -0.2) is 109 Å². The van der Waals surface area contributed by atoms with Gasteiger partial charge in [-0.1, -0.05) is 63.1 Å². The van der Waals surface area contributed by atoms with Gasteiger partial charge in [0, 0.05) is 44.2 Å². The van der Waals surface area contributed by atoms with E-state index in [-0.39, 0.29) is 34.9 Å². The van der Waals surface area contributed by atoms with Gasteiger partial charge in [0.1, 0.15) is 40.7 Å². The Morgan fingerprint density at radius 2 is 1.89 bits per heavy atom. The van der Waals surface area contributed by atoms with Gasteiger partial charge in [-0.05, 0) is 51.3 Å². The van der Waals surface area contributed by atoms with Gasteiger partial charge in [0.25, 0.3) is 0 Å². The first-order valence-electron chi connectivity index (χ1n) is 18.0. The van der Waals surface area contributed by atoms with E-state index < -0.39 is 65.2 Å². The average molecular weight is 794 g/mol. The number of allylic oxidation sites excluding steroid dienone is 3. The van der Waals surface area contributed by atoms with E-state index >= 15 is 0 Å². The highest BCUT2D eigenvalue weighted by Crippen LogP contribution is 2.54. The van der Waals surface area contributed by atoms with Gasteiger partial charge in [0.05, 0.1) is 25.3 Å². The summed E-state index contributed by atoms with van der Waals surface area (Å²) in [7, 11) is 6.03. The minimum absolute atomic E-state index is 0.0729. The summed E-state index contributed by atoms with van der Waals surface area (Å²) < 4.78 is 29.1. The molecule has 0 aromatic heterocycles. The second kappa shape index (κ2) is 16.4. The Morgan fingerprint density at radius 3 is 2.50 bits per heavy atom. The fourth-order valence-electron chi connectivity index (χ4n) is 7.10. The minimum Gasteiger partial charge on any atom is -0.495 e. The van der Waals surface area contributed by atoms with Gasteiger partial charge in [0.2, 0.25) is 11.8 Å². The summed E-state index contributed by atoms with van der Waals surface area (Å²) in [6, 6.07) is 2.59. The van der Waals surface area contributed by atoms with E-state index in [2.05, 4.69) is 17.9 Å². The predicted molar refractivity (Wildman–Crippen MR) is 208 cm³/mol. The van der Waals surface area contributed by atoms with Crippen LogP contribution in [0.4, 0.5) is 10.5 Å². The molecule has 300 valence electrons. The molecule has 7 atom stereocenters. The normalized spacial score (nSPS) is 30.2. The van der Waals surface area contributed by atoms with Crippen molar-refractivity contribution in [3.8, 4) is 5.75 Å². The first-order chi connectivity index (χ1) is 25.0. The van der Waals surface area contributed by atoms with E-state index in [1.54, 1.807) is 45.2 Å². The van der Waals surface area contributed by atoms with E-state index in [0.29, 0.717) is 24.3 Å². The van der Waals surface area contributed by atoms with E-state index in [9.17, 15) is 24.3 Å². The van der Waals surface area contributed by atoms with Crippen molar-refractivity contribution in [2.45, 2.75) is 127 Å². The van der Waals surface area contributed by atoms with Gasteiger partial charge < -0.3 is 38.6 Å². The number of benzene rings is 1. The number of likely N-dealkylation sites (N-methyl/N-ethyl adjacent to an activating group) is 1. The first kappa shape index (κ1) is 43.4. The highest BCUT2D eigenvalue weighted by molar-refractivity contribution is 7.81. The number of carbonyl (C=O) groups is 4. The number of halogens is 1. The van der Waals surface area contributed by atoms with Crippen LogP contribution in [-0.2, 0) is 39.8 Å². The van der Waals surface area contributed by atoms with Crippen molar-refractivity contribution in [2.24, 2.45) is 5.41 Å². The lowest BCUT2D eigenvalue weighted by molar-refractivity contribution is -0.162. The molecule has 3 heterocycles. The number of rotatable bonds is 8. The van der Waals surface area contributed by atoms with Gasteiger partial charge >= 0.3 is 12.1 Å². The number of hydrogen-bond donors (Lipinski definition) is 3. The Kier molecular flexibility index (Phi) is 13.2. The molecule has 3 aliphatic heterocycles. The summed E-state index contributed by atoms with van der Waals surface area (Å²) >= 11 is 11.3. The number of nitrogens with zero attached hydrogens (tertiary/aromatic N) is 2. The van der Waals surface area contributed by atoms with E-state index in [0.717, 1.165) is 11.1 Å². The fourth-order valence-corrected chi connectivity index (χ4v) is 7.52. The zero-order valence-corrected chi connectivity index (χ0v) is 34.8. The van der Waals surface area contributed by atoms with Crippen molar-refractivity contribution in [3.63, 3.8) is 0 Å². The van der Waals surface area contributed by atoms with Crippen LogP contribution in [0.15, 0.2) is 35.9 Å². The van der Waals surface area contributed by atoms with Crippen LogP contribution in [0.1, 0.15) is 79.7 Å². The highest BCUT2D eigenvalue weighted by Gasteiger charge is 2.68. The number of aliphatic hydroxyl groups is 1. The Bertz CT molecular complexity index is 1680. The molecule has 4 rings (SSSR count). The SMILES string of the molecule is COc1cc2cc(c1Cl)N(C)C(=O)CC(OC(=O)[C@H](C)N(C)C(=O)CCC(C)(C)S)[C@]1(C)O[C@H]1C(C)(C)[C@@H]1C[C@@](O)(NC(=O)O1)[C@H](OC)C=C/C=C(/C)C2. The molecule has 2 fully saturated rings.